The highest BCUT2D eigenvalue weighted by Gasteiger charge is 2.16. The van der Waals surface area contributed by atoms with Gasteiger partial charge >= 0.3 is 0 Å². The van der Waals surface area contributed by atoms with Crippen LogP contribution in [0, 0.1) is 0 Å². The third-order valence-electron chi connectivity index (χ3n) is 2.04. The van der Waals surface area contributed by atoms with Crippen molar-refractivity contribution >= 4 is 17.7 Å². The predicted octanol–water partition coefficient (Wildman–Crippen LogP) is -0.0461. The van der Waals surface area contributed by atoms with E-state index in [2.05, 4.69) is 5.32 Å². The van der Waals surface area contributed by atoms with E-state index in [0.717, 1.165) is 0 Å². The van der Waals surface area contributed by atoms with Gasteiger partial charge in [-0.25, -0.2) is 0 Å². The first-order valence-electron chi connectivity index (χ1n) is 4.78. The maximum absolute atomic E-state index is 11.3. The van der Waals surface area contributed by atoms with Crippen LogP contribution in [0.4, 0.5) is 0 Å². The van der Waals surface area contributed by atoms with Crippen LogP contribution in [0.25, 0.3) is 0 Å². The Morgan fingerprint density at radius 1 is 1.64 bits per heavy atom. The Labute approximate surface area is 89.6 Å². The molecule has 0 aliphatic carbocycles. The lowest BCUT2D eigenvalue weighted by molar-refractivity contribution is -0.121. The fraction of sp³-hybridized carbons (Fsp3) is 0.889. The number of carbonyl (C=O) groups is 1. The van der Waals surface area contributed by atoms with Gasteiger partial charge in [0.05, 0.1) is 6.61 Å². The topological polar surface area (TPSA) is 75.3 Å². The predicted molar refractivity (Wildman–Crippen MR) is 60.3 cm³/mol. The molecule has 0 aromatic carbocycles. The lowest BCUT2D eigenvalue weighted by atomic mass is 10.2. The minimum atomic E-state index is 0.000254. The SMILES string of the molecule is CSC(CO)C(C)NC(=O)CCCN. The Kier molecular flexibility index (Phi) is 7.93. The van der Waals surface area contributed by atoms with Crippen LogP contribution in [0.2, 0.25) is 0 Å². The summed E-state index contributed by atoms with van der Waals surface area (Å²) in [5, 5.41) is 11.9. The molecule has 0 heterocycles. The third-order valence-corrected chi connectivity index (χ3v) is 3.20. The highest BCUT2D eigenvalue weighted by atomic mass is 32.2. The molecule has 4 N–H and O–H groups in total. The number of hydrogen-bond donors (Lipinski definition) is 3. The average molecular weight is 220 g/mol. The van der Waals surface area contributed by atoms with E-state index < -0.39 is 0 Å². The monoisotopic (exact) mass is 220 g/mol. The van der Waals surface area contributed by atoms with Crippen LogP contribution < -0.4 is 11.1 Å². The number of amides is 1. The lowest BCUT2D eigenvalue weighted by Crippen LogP contribution is -2.41. The van der Waals surface area contributed by atoms with E-state index in [1.807, 2.05) is 13.2 Å². The van der Waals surface area contributed by atoms with Gasteiger partial charge in [0.15, 0.2) is 0 Å². The third kappa shape index (κ3) is 5.47. The molecular formula is C9H20N2O2S. The van der Waals surface area contributed by atoms with Gasteiger partial charge in [0.25, 0.3) is 0 Å². The smallest absolute Gasteiger partial charge is 0.220 e. The first-order chi connectivity index (χ1) is 6.65. The molecule has 5 heteroatoms. The molecule has 0 fully saturated rings. The van der Waals surface area contributed by atoms with E-state index in [9.17, 15) is 4.79 Å². The van der Waals surface area contributed by atoms with Crippen LogP contribution in [0.1, 0.15) is 19.8 Å². The zero-order valence-electron chi connectivity index (χ0n) is 8.82. The Hall–Kier alpha value is -0.260. The summed E-state index contributed by atoms with van der Waals surface area (Å²) in [7, 11) is 0. The van der Waals surface area contributed by atoms with Gasteiger partial charge < -0.3 is 16.2 Å². The molecule has 0 aromatic heterocycles. The first kappa shape index (κ1) is 13.7. The molecule has 2 atom stereocenters. The summed E-state index contributed by atoms with van der Waals surface area (Å²) in [6, 6.07) is 0.000254. The summed E-state index contributed by atoms with van der Waals surface area (Å²) in [6.07, 6.45) is 3.10. The molecule has 0 bridgehead atoms. The lowest BCUT2D eigenvalue weighted by Gasteiger charge is -2.21. The van der Waals surface area contributed by atoms with E-state index in [1.165, 1.54) is 0 Å². The van der Waals surface area contributed by atoms with Crippen LogP contribution >= 0.6 is 11.8 Å². The van der Waals surface area contributed by atoms with Gasteiger partial charge in [-0.3, -0.25) is 4.79 Å². The Morgan fingerprint density at radius 3 is 2.71 bits per heavy atom. The van der Waals surface area contributed by atoms with Gasteiger partial charge in [-0.1, -0.05) is 0 Å². The van der Waals surface area contributed by atoms with Crippen molar-refractivity contribution in [2.45, 2.75) is 31.1 Å². The van der Waals surface area contributed by atoms with Gasteiger partial charge in [0.1, 0.15) is 0 Å². The summed E-state index contributed by atoms with van der Waals surface area (Å²) in [5.41, 5.74) is 5.30. The summed E-state index contributed by atoms with van der Waals surface area (Å²) >= 11 is 1.55. The van der Waals surface area contributed by atoms with Crippen molar-refractivity contribution in [3.63, 3.8) is 0 Å². The van der Waals surface area contributed by atoms with E-state index in [1.54, 1.807) is 11.8 Å². The van der Waals surface area contributed by atoms with Crippen LogP contribution in [0.5, 0.6) is 0 Å². The molecule has 0 saturated carbocycles. The van der Waals surface area contributed by atoms with Crippen molar-refractivity contribution in [2.24, 2.45) is 5.73 Å². The first-order valence-corrected chi connectivity index (χ1v) is 6.07. The van der Waals surface area contributed by atoms with E-state index in [4.69, 9.17) is 10.8 Å². The fourth-order valence-corrected chi connectivity index (χ4v) is 1.74. The molecule has 14 heavy (non-hydrogen) atoms. The van der Waals surface area contributed by atoms with E-state index in [-0.39, 0.29) is 23.8 Å². The fourth-order valence-electron chi connectivity index (χ4n) is 1.12. The van der Waals surface area contributed by atoms with Gasteiger partial charge in [-0.2, -0.15) is 11.8 Å². The molecule has 2 unspecified atom stereocenters. The molecule has 0 saturated heterocycles. The summed E-state index contributed by atoms with van der Waals surface area (Å²) in [5.74, 6) is 0.00968. The van der Waals surface area contributed by atoms with Gasteiger partial charge in [-0.05, 0) is 26.1 Å². The zero-order valence-corrected chi connectivity index (χ0v) is 9.64. The van der Waals surface area contributed by atoms with Gasteiger partial charge in [0, 0.05) is 17.7 Å². The molecule has 0 aromatic rings. The normalized spacial score (nSPS) is 14.9. The molecule has 4 nitrogen and oxygen atoms in total. The number of nitrogens with one attached hydrogen (secondary N) is 1. The summed E-state index contributed by atoms with van der Waals surface area (Å²) in [6.45, 7) is 2.52. The molecule has 1 amide bonds. The highest BCUT2D eigenvalue weighted by molar-refractivity contribution is 7.99. The molecular weight excluding hydrogens is 200 g/mol. The molecule has 0 aliphatic rings. The van der Waals surface area contributed by atoms with Crippen LogP contribution in [-0.2, 0) is 4.79 Å². The van der Waals surface area contributed by atoms with Crippen molar-refractivity contribution < 1.29 is 9.90 Å². The minimum absolute atomic E-state index is 0.000254. The largest absolute Gasteiger partial charge is 0.395 e. The minimum Gasteiger partial charge on any atom is -0.395 e. The Balaban J connectivity index is 3.79. The van der Waals surface area contributed by atoms with E-state index >= 15 is 0 Å². The van der Waals surface area contributed by atoms with Crippen LogP contribution in [-0.4, -0.2) is 41.7 Å². The quantitative estimate of drug-likeness (QED) is 0.562. The Morgan fingerprint density at radius 2 is 2.29 bits per heavy atom. The molecule has 0 rings (SSSR count). The van der Waals surface area contributed by atoms with Crippen molar-refractivity contribution in [3.8, 4) is 0 Å². The van der Waals surface area contributed by atoms with E-state index in [0.29, 0.717) is 19.4 Å². The number of nitrogens with two attached hydrogens (primary N) is 1. The van der Waals surface area contributed by atoms with Crippen molar-refractivity contribution in [2.75, 3.05) is 19.4 Å². The van der Waals surface area contributed by atoms with Crippen molar-refractivity contribution in [1.82, 2.24) is 5.32 Å². The molecule has 0 spiro atoms. The summed E-state index contributed by atoms with van der Waals surface area (Å²) < 4.78 is 0. The number of aliphatic hydroxyl groups excluding tert-OH is 1. The van der Waals surface area contributed by atoms with Crippen molar-refractivity contribution in [3.05, 3.63) is 0 Å². The second-order valence-electron chi connectivity index (χ2n) is 3.21. The second kappa shape index (κ2) is 8.08. The number of thioether (sulfide) groups is 1. The average Bonchev–Trinajstić information content (AvgIpc) is 2.16. The van der Waals surface area contributed by atoms with Gasteiger partial charge in [0.2, 0.25) is 5.91 Å². The number of aliphatic hydroxyl groups is 1. The molecule has 84 valence electrons. The number of carbonyl (C=O) groups excluding carboxylic acids is 1. The Bertz CT molecular complexity index is 163. The van der Waals surface area contributed by atoms with Crippen molar-refractivity contribution in [1.29, 1.82) is 0 Å². The molecule has 0 radical (unpaired) electrons. The maximum atomic E-state index is 11.3. The van der Waals surface area contributed by atoms with Crippen LogP contribution in [0.3, 0.4) is 0 Å². The second-order valence-corrected chi connectivity index (χ2v) is 4.28. The van der Waals surface area contributed by atoms with Gasteiger partial charge in [-0.15, -0.1) is 0 Å². The maximum Gasteiger partial charge on any atom is 0.220 e. The summed E-state index contributed by atoms with van der Waals surface area (Å²) in [4.78, 5) is 11.3. The standard InChI is InChI=1S/C9H20N2O2S/c1-7(8(6-12)14-2)11-9(13)4-3-5-10/h7-8,12H,3-6,10H2,1-2H3,(H,11,13). The highest BCUT2D eigenvalue weighted by Crippen LogP contribution is 2.10. The number of hydrogen-bond acceptors (Lipinski definition) is 4. The number of rotatable bonds is 7. The zero-order chi connectivity index (χ0) is 11.0. The molecule has 0 aliphatic heterocycles. The van der Waals surface area contributed by atoms with Crippen LogP contribution in [0.15, 0.2) is 0 Å².